The Morgan fingerprint density at radius 3 is 2.23 bits per heavy atom. The highest BCUT2D eigenvalue weighted by molar-refractivity contribution is 5.87. The lowest BCUT2D eigenvalue weighted by molar-refractivity contribution is -0.132. The standard InChI is InChI=1S/C10H15N7O5/c11-7-13-8(12)15-9(14-7)16-17(10(21)22)4-5(6(19)20)2-1-3-18/h4,18H,1-3H2,(H,19,20)(H,21,22)(H5,11,12,13,14,15,16). The van der Waals surface area contributed by atoms with E-state index in [1.54, 1.807) is 0 Å². The van der Waals surface area contributed by atoms with Crippen LogP contribution in [0.4, 0.5) is 22.6 Å². The lowest BCUT2D eigenvalue weighted by atomic mass is 10.1. The van der Waals surface area contributed by atoms with Crippen molar-refractivity contribution in [2.24, 2.45) is 0 Å². The second-order valence-corrected chi connectivity index (χ2v) is 3.93. The molecule has 0 bridgehead atoms. The van der Waals surface area contributed by atoms with E-state index < -0.39 is 12.1 Å². The number of carbonyl (C=O) groups is 2. The predicted molar refractivity (Wildman–Crippen MR) is 74.2 cm³/mol. The van der Waals surface area contributed by atoms with Gasteiger partial charge in [-0.1, -0.05) is 0 Å². The molecule has 0 fully saturated rings. The number of rotatable bonds is 7. The smallest absolute Gasteiger partial charge is 0.430 e. The van der Waals surface area contributed by atoms with Crippen LogP contribution in [0.15, 0.2) is 11.8 Å². The first-order valence-corrected chi connectivity index (χ1v) is 5.94. The minimum Gasteiger partial charge on any atom is -0.478 e. The third kappa shape index (κ3) is 5.09. The normalized spacial score (nSPS) is 11.0. The number of aliphatic carboxylic acids is 1. The summed E-state index contributed by atoms with van der Waals surface area (Å²) in [6.07, 6.45) is -0.549. The van der Waals surface area contributed by atoms with Crippen molar-refractivity contribution < 1.29 is 24.9 Å². The summed E-state index contributed by atoms with van der Waals surface area (Å²) in [5.74, 6) is -2.06. The Labute approximate surface area is 124 Å². The Morgan fingerprint density at radius 2 is 1.77 bits per heavy atom. The second-order valence-electron chi connectivity index (χ2n) is 3.93. The topological polar surface area (TPSA) is 201 Å². The number of nitrogens with one attached hydrogen (secondary N) is 1. The summed E-state index contributed by atoms with van der Waals surface area (Å²) in [6.45, 7) is -0.231. The Morgan fingerprint density at radius 1 is 1.18 bits per heavy atom. The monoisotopic (exact) mass is 313 g/mol. The number of carboxylic acids is 1. The Hall–Kier alpha value is -3.15. The summed E-state index contributed by atoms with van der Waals surface area (Å²) >= 11 is 0. The molecule has 8 N–H and O–H groups in total. The number of aliphatic hydroxyl groups excluding tert-OH is 1. The fourth-order valence-corrected chi connectivity index (χ4v) is 1.35. The highest BCUT2D eigenvalue weighted by atomic mass is 16.4. The van der Waals surface area contributed by atoms with Crippen molar-refractivity contribution in [3.63, 3.8) is 0 Å². The van der Waals surface area contributed by atoms with Crippen LogP contribution >= 0.6 is 0 Å². The van der Waals surface area contributed by atoms with Gasteiger partial charge < -0.3 is 26.8 Å². The van der Waals surface area contributed by atoms with Gasteiger partial charge in [-0.25, -0.2) is 9.59 Å². The third-order valence-corrected chi connectivity index (χ3v) is 2.26. The number of nitrogens with two attached hydrogens (primary N) is 2. The fraction of sp³-hybridized carbons (Fsp3) is 0.300. The van der Waals surface area contributed by atoms with Gasteiger partial charge in [0.2, 0.25) is 17.8 Å². The van der Waals surface area contributed by atoms with Crippen LogP contribution < -0.4 is 16.9 Å². The van der Waals surface area contributed by atoms with Crippen molar-refractivity contribution in [3.05, 3.63) is 11.8 Å². The Balaban J connectivity index is 3.01. The molecule has 0 aromatic carbocycles. The first kappa shape index (κ1) is 16.9. The number of nitrogen functional groups attached to an aromatic ring is 2. The van der Waals surface area contributed by atoms with Crippen molar-refractivity contribution in [1.29, 1.82) is 0 Å². The molecule has 1 aromatic rings. The number of hydrogen-bond acceptors (Lipinski definition) is 9. The van der Waals surface area contributed by atoms with E-state index in [1.165, 1.54) is 0 Å². The van der Waals surface area contributed by atoms with Crippen molar-refractivity contribution in [2.45, 2.75) is 12.8 Å². The maximum Gasteiger partial charge on any atom is 0.430 e. The van der Waals surface area contributed by atoms with Gasteiger partial charge in [0.25, 0.3) is 0 Å². The molecular weight excluding hydrogens is 298 g/mol. The average molecular weight is 313 g/mol. The van der Waals surface area contributed by atoms with Gasteiger partial charge in [0, 0.05) is 12.8 Å². The molecule has 1 rings (SSSR count). The molecule has 1 amide bonds. The number of anilines is 3. The number of hydrogen-bond donors (Lipinski definition) is 6. The van der Waals surface area contributed by atoms with E-state index in [2.05, 4.69) is 20.4 Å². The Bertz CT molecular complexity index is 571. The first-order chi connectivity index (χ1) is 10.3. The highest BCUT2D eigenvalue weighted by Gasteiger charge is 2.16. The largest absolute Gasteiger partial charge is 0.478 e. The average Bonchev–Trinajstić information content (AvgIpc) is 2.40. The summed E-state index contributed by atoms with van der Waals surface area (Å²) in [5, 5.41) is 27.2. The van der Waals surface area contributed by atoms with Crippen LogP contribution in [0.1, 0.15) is 12.8 Å². The summed E-state index contributed by atoms with van der Waals surface area (Å²) in [4.78, 5) is 32.9. The number of aliphatic hydroxyl groups is 1. The van der Waals surface area contributed by atoms with E-state index in [0.717, 1.165) is 6.20 Å². The van der Waals surface area contributed by atoms with Gasteiger partial charge in [-0.15, -0.1) is 0 Å². The van der Waals surface area contributed by atoms with Crippen LogP contribution in [0, 0.1) is 0 Å². The zero-order chi connectivity index (χ0) is 16.7. The number of carboxylic acid groups (broad SMARTS) is 2. The van der Waals surface area contributed by atoms with Crippen LogP contribution in [0.2, 0.25) is 0 Å². The van der Waals surface area contributed by atoms with Crippen molar-refractivity contribution >= 4 is 29.9 Å². The van der Waals surface area contributed by atoms with Gasteiger partial charge in [0.15, 0.2) is 0 Å². The van der Waals surface area contributed by atoms with E-state index in [-0.39, 0.29) is 42.9 Å². The molecular formula is C10H15N7O5. The summed E-state index contributed by atoms with van der Waals surface area (Å²) in [5.41, 5.74) is 12.7. The second kappa shape index (κ2) is 7.58. The lowest BCUT2D eigenvalue weighted by Gasteiger charge is -2.17. The molecule has 0 aliphatic heterocycles. The number of aromatic nitrogens is 3. The fourth-order valence-electron chi connectivity index (χ4n) is 1.35. The molecule has 0 radical (unpaired) electrons. The quantitative estimate of drug-likeness (QED) is 0.268. The molecule has 0 spiro atoms. The maximum atomic E-state index is 11.1. The molecule has 0 aliphatic rings. The molecule has 22 heavy (non-hydrogen) atoms. The van der Waals surface area contributed by atoms with Gasteiger partial charge in [-0.05, 0) is 12.8 Å². The molecule has 0 unspecified atom stereocenters. The molecule has 0 saturated heterocycles. The Kier molecular flexibility index (Phi) is 5.83. The van der Waals surface area contributed by atoms with Crippen LogP contribution in [0.3, 0.4) is 0 Å². The zero-order valence-corrected chi connectivity index (χ0v) is 11.3. The van der Waals surface area contributed by atoms with Gasteiger partial charge in [0.05, 0.1) is 5.57 Å². The minimum absolute atomic E-state index is 0.0290. The van der Waals surface area contributed by atoms with Crippen molar-refractivity contribution in [2.75, 3.05) is 23.5 Å². The van der Waals surface area contributed by atoms with Gasteiger partial charge in [-0.3, -0.25) is 5.43 Å². The summed E-state index contributed by atoms with van der Waals surface area (Å²) < 4.78 is 0. The van der Waals surface area contributed by atoms with E-state index in [9.17, 15) is 9.59 Å². The molecule has 120 valence electrons. The SMILES string of the molecule is Nc1nc(N)nc(NN(C=C(CCCO)C(=O)O)C(=O)O)n1. The molecule has 0 aliphatic carbocycles. The highest BCUT2D eigenvalue weighted by Crippen LogP contribution is 2.10. The molecule has 1 heterocycles. The molecule has 1 aromatic heterocycles. The van der Waals surface area contributed by atoms with Crippen LogP contribution in [-0.4, -0.2) is 53.9 Å². The lowest BCUT2D eigenvalue weighted by Crippen LogP contribution is -2.32. The van der Waals surface area contributed by atoms with Gasteiger partial charge in [-0.2, -0.15) is 20.0 Å². The van der Waals surface area contributed by atoms with E-state index in [4.69, 9.17) is 26.8 Å². The third-order valence-electron chi connectivity index (χ3n) is 2.26. The summed E-state index contributed by atoms with van der Waals surface area (Å²) in [6, 6.07) is 0. The number of amides is 1. The number of hydrazine groups is 1. The first-order valence-electron chi connectivity index (χ1n) is 5.94. The number of nitrogens with zero attached hydrogens (tertiary/aromatic N) is 4. The molecule has 0 saturated carbocycles. The van der Waals surface area contributed by atoms with Crippen LogP contribution in [0.25, 0.3) is 0 Å². The molecule has 12 heteroatoms. The zero-order valence-electron chi connectivity index (χ0n) is 11.3. The molecule has 0 atom stereocenters. The van der Waals surface area contributed by atoms with E-state index in [1.807, 2.05) is 0 Å². The van der Waals surface area contributed by atoms with Crippen LogP contribution in [0.5, 0.6) is 0 Å². The van der Waals surface area contributed by atoms with Crippen molar-refractivity contribution in [3.8, 4) is 0 Å². The van der Waals surface area contributed by atoms with Crippen molar-refractivity contribution in [1.82, 2.24) is 20.0 Å². The summed E-state index contributed by atoms with van der Waals surface area (Å²) in [7, 11) is 0. The van der Waals surface area contributed by atoms with Crippen LogP contribution in [-0.2, 0) is 4.79 Å². The maximum absolute atomic E-state index is 11.1. The van der Waals surface area contributed by atoms with E-state index in [0.29, 0.717) is 5.01 Å². The minimum atomic E-state index is -1.51. The predicted octanol–water partition coefficient (Wildman–Crippen LogP) is -0.916. The van der Waals surface area contributed by atoms with Gasteiger partial charge >= 0.3 is 12.1 Å². The molecule has 12 nitrogen and oxygen atoms in total. The van der Waals surface area contributed by atoms with E-state index >= 15 is 0 Å². The van der Waals surface area contributed by atoms with Gasteiger partial charge in [0.1, 0.15) is 0 Å².